The molecule has 4 nitrogen and oxygen atoms in total. The first-order chi connectivity index (χ1) is 8.70. The monoisotopic (exact) mass is 272 g/mol. The van der Waals surface area contributed by atoms with Gasteiger partial charge in [-0.1, -0.05) is 0 Å². The number of thioether (sulfide) groups is 1. The Labute approximate surface area is 113 Å². The van der Waals surface area contributed by atoms with E-state index in [0.717, 1.165) is 38.8 Å². The molecule has 1 saturated heterocycles. The highest BCUT2D eigenvalue weighted by Crippen LogP contribution is 2.35. The van der Waals surface area contributed by atoms with Gasteiger partial charge >= 0.3 is 0 Å². The fraction of sp³-hybridized carbons (Fsp3) is 0.923. The molecule has 0 radical (unpaired) electrons. The lowest BCUT2D eigenvalue weighted by Crippen LogP contribution is -2.53. The summed E-state index contributed by atoms with van der Waals surface area (Å²) in [5.74, 6) is 1.74. The van der Waals surface area contributed by atoms with Crippen LogP contribution in [0.1, 0.15) is 25.7 Å². The second kappa shape index (κ2) is 6.78. The molecule has 1 amide bonds. The predicted molar refractivity (Wildman–Crippen MR) is 74.6 cm³/mol. The van der Waals surface area contributed by atoms with Crippen molar-refractivity contribution >= 4 is 17.7 Å². The first-order valence-electron chi connectivity index (χ1n) is 6.87. The molecule has 0 unspecified atom stereocenters. The normalized spacial score (nSPS) is 30.6. The molecule has 2 aliphatic rings. The molecule has 18 heavy (non-hydrogen) atoms. The van der Waals surface area contributed by atoms with Gasteiger partial charge in [0.05, 0.1) is 11.9 Å². The van der Waals surface area contributed by atoms with Crippen LogP contribution in [0.2, 0.25) is 0 Å². The molecule has 1 aliphatic carbocycles. The zero-order chi connectivity index (χ0) is 13.0. The molecular formula is C13H24N2O2S. The summed E-state index contributed by atoms with van der Waals surface area (Å²) in [5, 5.41) is 16.1. The number of hydrogen-bond acceptors (Lipinski definition) is 4. The summed E-state index contributed by atoms with van der Waals surface area (Å²) in [6.07, 6.45) is 5.79. The molecule has 0 spiro atoms. The van der Waals surface area contributed by atoms with Crippen molar-refractivity contribution in [2.24, 2.45) is 11.8 Å². The maximum absolute atomic E-state index is 11.8. The lowest BCUT2D eigenvalue weighted by molar-refractivity contribution is -0.121. The van der Waals surface area contributed by atoms with E-state index in [0.29, 0.717) is 17.6 Å². The van der Waals surface area contributed by atoms with Crippen LogP contribution in [-0.4, -0.2) is 48.3 Å². The molecule has 0 aromatic carbocycles. The Morgan fingerprint density at radius 1 is 1.39 bits per heavy atom. The van der Waals surface area contributed by atoms with Gasteiger partial charge in [-0.2, -0.15) is 11.8 Å². The second-order valence-corrected chi connectivity index (χ2v) is 6.37. The maximum atomic E-state index is 11.8. The highest BCUT2D eigenvalue weighted by molar-refractivity contribution is 7.99. The average molecular weight is 272 g/mol. The molecule has 0 aromatic heterocycles. The lowest BCUT2D eigenvalue weighted by atomic mass is 9.71. The van der Waals surface area contributed by atoms with Crippen LogP contribution in [0.25, 0.3) is 0 Å². The Morgan fingerprint density at radius 3 is 2.61 bits per heavy atom. The highest BCUT2D eigenvalue weighted by atomic mass is 32.2. The molecule has 0 aromatic rings. The first kappa shape index (κ1) is 14.2. The van der Waals surface area contributed by atoms with Crippen molar-refractivity contribution in [2.75, 3.05) is 25.1 Å². The quantitative estimate of drug-likeness (QED) is 0.686. The summed E-state index contributed by atoms with van der Waals surface area (Å²) < 4.78 is 0. The van der Waals surface area contributed by atoms with Crippen LogP contribution in [0.15, 0.2) is 0 Å². The van der Waals surface area contributed by atoms with E-state index in [-0.39, 0.29) is 18.1 Å². The third-order valence-corrected chi connectivity index (χ3v) is 4.70. The highest BCUT2D eigenvalue weighted by Gasteiger charge is 2.38. The van der Waals surface area contributed by atoms with Crippen LogP contribution in [0, 0.1) is 11.8 Å². The molecule has 2 rings (SSSR count). The largest absolute Gasteiger partial charge is 0.393 e. The predicted octanol–water partition coefficient (Wildman–Crippen LogP) is 0.605. The van der Waals surface area contributed by atoms with Crippen LogP contribution < -0.4 is 10.6 Å². The fourth-order valence-corrected chi connectivity index (χ4v) is 3.45. The summed E-state index contributed by atoms with van der Waals surface area (Å²) in [6.45, 7) is 2.10. The third-order valence-electron chi connectivity index (χ3n) is 4.15. The zero-order valence-corrected chi connectivity index (χ0v) is 11.8. The molecule has 2 fully saturated rings. The Morgan fingerprint density at radius 2 is 2.06 bits per heavy atom. The molecule has 1 aliphatic heterocycles. The Kier molecular flexibility index (Phi) is 5.33. The van der Waals surface area contributed by atoms with Gasteiger partial charge in [0.15, 0.2) is 0 Å². The minimum Gasteiger partial charge on any atom is -0.393 e. The minimum atomic E-state index is -0.142. The van der Waals surface area contributed by atoms with Gasteiger partial charge in [0.1, 0.15) is 0 Å². The van der Waals surface area contributed by atoms with Crippen molar-refractivity contribution in [2.45, 2.75) is 37.8 Å². The number of hydrogen-bond donors (Lipinski definition) is 3. The molecule has 0 bridgehead atoms. The Bertz CT molecular complexity index is 276. The van der Waals surface area contributed by atoms with E-state index in [9.17, 15) is 9.90 Å². The van der Waals surface area contributed by atoms with E-state index >= 15 is 0 Å². The van der Waals surface area contributed by atoms with Gasteiger partial charge in [0.25, 0.3) is 0 Å². The van der Waals surface area contributed by atoms with E-state index in [4.69, 9.17) is 0 Å². The first-order valence-corrected chi connectivity index (χ1v) is 8.27. The Hall–Kier alpha value is -0.260. The van der Waals surface area contributed by atoms with Crippen molar-refractivity contribution in [1.29, 1.82) is 0 Å². The van der Waals surface area contributed by atoms with Crippen molar-refractivity contribution in [1.82, 2.24) is 10.6 Å². The number of piperidine rings is 1. The molecule has 5 heteroatoms. The van der Waals surface area contributed by atoms with E-state index in [1.54, 1.807) is 11.8 Å². The topological polar surface area (TPSA) is 61.4 Å². The van der Waals surface area contributed by atoms with Gasteiger partial charge in [0, 0.05) is 6.04 Å². The third kappa shape index (κ3) is 3.62. The van der Waals surface area contributed by atoms with Gasteiger partial charge in [-0.15, -0.1) is 0 Å². The van der Waals surface area contributed by atoms with Gasteiger partial charge in [-0.25, -0.2) is 0 Å². The van der Waals surface area contributed by atoms with Gasteiger partial charge in [-0.3, -0.25) is 4.79 Å². The number of nitrogens with one attached hydrogen (secondary N) is 2. The van der Waals surface area contributed by atoms with E-state index in [1.165, 1.54) is 0 Å². The number of aliphatic hydroxyl groups is 1. The van der Waals surface area contributed by atoms with E-state index in [2.05, 4.69) is 10.6 Å². The standard InChI is InChI=1S/C13H24N2O2S/c1-18-8-12(17)15-13(10-6-11(16)7-10)9-2-4-14-5-3-9/h9-11,13-14,16H,2-8H2,1H3,(H,15,17)/t10?,11?,13-/m1/s1. The summed E-state index contributed by atoms with van der Waals surface area (Å²) >= 11 is 1.56. The van der Waals surface area contributed by atoms with Crippen molar-refractivity contribution < 1.29 is 9.90 Å². The van der Waals surface area contributed by atoms with Crippen molar-refractivity contribution in [3.8, 4) is 0 Å². The summed E-state index contributed by atoms with van der Waals surface area (Å²) in [5.41, 5.74) is 0. The number of rotatable bonds is 5. The zero-order valence-electron chi connectivity index (χ0n) is 11.0. The second-order valence-electron chi connectivity index (χ2n) is 5.50. The molecule has 1 atom stereocenters. The minimum absolute atomic E-state index is 0.142. The lowest BCUT2D eigenvalue weighted by Gasteiger charge is -2.43. The van der Waals surface area contributed by atoms with E-state index in [1.807, 2.05) is 6.26 Å². The van der Waals surface area contributed by atoms with Gasteiger partial charge in [-0.05, 0) is 56.9 Å². The van der Waals surface area contributed by atoms with Gasteiger partial charge < -0.3 is 15.7 Å². The number of carbonyl (C=O) groups excluding carboxylic acids is 1. The number of aliphatic hydroxyl groups excluding tert-OH is 1. The Balaban J connectivity index is 1.91. The van der Waals surface area contributed by atoms with Crippen LogP contribution in [0.5, 0.6) is 0 Å². The van der Waals surface area contributed by atoms with Crippen LogP contribution >= 0.6 is 11.8 Å². The van der Waals surface area contributed by atoms with Gasteiger partial charge in [0.2, 0.25) is 5.91 Å². The molecule has 3 N–H and O–H groups in total. The molecule has 1 heterocycles. The smallest absolute Gasteiger partial charge is 0.230 e. The van der Waals surface area contributed by atoms with E-state index < -0.39 is 0 Å². The van der Waals surface area contributed by atoms with Crippen LogP contribution in [-0.2, 0) is 4.79 Å². The fourth-order valence-electron chi connectivity index (χ4n) is 3.11. The van der Waals surface area contributed by atoms with Crippen LogP contribution in [0.4, 0.5) is 0 Å². The van der Waals surface area contributed by atoms with Crippen LogP contribution in [0.3, 0.4) is 0 Å². The molecular weight excluding hydrogens is 248 g/mol. The summed E-state index contributed by atoms with van der Waals surface area (Å²) in [4.78, 5) is 11.8. The average Bonchev–Trinajstić information content (AvgIpc) is 2.34. The van der Waals surface area contributed by atoms with Crippen molar-refractivity contribution in [3.63, 3.8) is 0 Å². The molecule has 1 saturated carbocycles. The SMILES string of the molecule is CSCC(=O)N[C@H](C1CCNCC1)C1CC(O)C1. The number of amides is 1. The molecule has 104 valence electrons. The summed E-state index contributed by atoms with van der Waals surface area (Å²) in [6, 6.07) is 0.273. The van der Waals surface area contributed by atoms with Crippen molar-refractivity contribution in [3.05, 3.63) is 0 Å². The maximum Gasteiger partial charge on any atom is 0.230 e. The number of carbonyl (C=O) groups is 1. The summed E-state index contributed by atoms with van der Waals surface area (Å²) in [7, 11) is 0.